The van der Waals surface area contributed by atoms with E-state index in [-0.39, 0.29) is 24.6 Å². The maximum Gasteiger partial charge on any atom is 0.272 e. The molecule has 1 heterocycles. The van der Waals surface area contributed by atoms with E-state index in [4.69, 9.17) is 5.14 Å². The van der Waals surface area contributed by atoms with Crippen LogP contribution in [0.25, 0.3) is 0 Å². The molecule has 1 aliphatic rings. The smallest absolute Gasteiger partial charge is 0.272 e. The Hall–Kier alpha value is -2.00. The summed E-state index contributed by atoms with van der Waals surface area (Å²) in [5, 5.41) is 15.0. The number of amides is 1. The first-order chi connectivity index (χ1) is 9.61. The van der Waals surface area contributed by atoms with Crippen molar-refractivity contribution in [2.45, 2.75) is 25.5 Å². The highest BCUT2D eigenvalue weighted by Gasteiger charge is 2.38. The summed E-state index contributed by atoms with van der Waals surface area (Å²) in [6, 6.07) is 2.90. The Balaban J connectivity index is 2.42. The summed E-state index contributed by atoms with van der Waals surface area (Å²) in [4.78, 5) is 23.7. The Morgan fingerprint density at radius 1 is 1.33 bits per heavy atom. The zero-order valence-electron chi connectivity index (χ0n) is 11.6. The van der Waals surface area contributed by atoms with Gasteiger partial charge in [0.2, 0.25) is 15.9 Å². The number of anilines is 1. The highest BCUT2D eigenvalue weighted by molar-refractivity contribution is 7.89. The topological polar surface area (TPSA) is 124 Å². The van der Waals surface area contributed by atoms with Gasteiger partial charge in [-0.1, -0.05) is 0 Å². The van der Waals surface area contributed by atoms with Gasteiger partial charge in [0, 0.05) is 30.3 Å². The van der Waals surface area contributed by atoms with Crippen LogP contribution in [-0.4, -0.2) is 31.0 Å². The Morgan fingerprint density at radius 2 is 1.95 bits per heavy atom. The molecule has 8 nitrogen and oxygen atoms in total. The Morgan fingerprint density at radius 3 is 2.43 bits per heavy atom. The average molecular weight is 313 g/mol. The van der Waals surface area contributed by atoms with Gasteiger partial charge >= 0.3 is 0 Å². The van der Waals surface area contributed by atoms with Crippen LogP contribution in [0.2, 0.25) is 0 Å². The van der Waals surface area contributed by atoms with E-state index in [1.807, 2.05) is 0 Å². The van der Waals surface area contributed by atoms with Crippen molar-refractivity contribution in [1.82, 2.24) is 0 Å². The maximum atomic E-state index is 12.0. The van der Waals surface area contributed by atoms with Gasteiger partial charge in [0.15, 0.2) is 0 Å². The monoisotopic (exact) mass is 313 g/mol. The number of nitro benzene ring substituents is 1. The van der Waals surface area contributed by atoms with Crippen LogP contribution in [-0.2, 0) is 14.8 Å². The number of hydrogen-bond donors (Lipinski definition) is 1. The number of primary sulfonamides is 1. The molecule has 1 aliphatic heterocycles. The number of nitrogens with zero attached hydrogens (tertiary/aromatic N) is 2. The van der Waals surface area contributed by atoms with Gasteiger partial charge in [0.25, 0.3) is 5.69 Å². The van der Waals surface area contributed by atoms with Crippen molar-refractivity contribution < 1.29 is 18.1 Å². The normalized spacial score (nSPS) is 19.1. The molecule has 1 fully saturated rings. The maximum absolute atomic E-state index is 12.0. The predicted octanol–water partition coefficient (Wildman–Crippen LogP) is 0.605. The molecule has 0 spiro atoms. The van der Waals surface area contributed by atoms with Crippen molar-refractivity contribution >= 4 is 27.3 Å². The first-order valence-electron chi connectivity index (χ1n) is 6.19. The number of nitro groups is 1. The second-order valence-corrected chi connectivity index (χ2v) is 6.95. The zero-order valence-corrected chi connectivity index (χ0v) is 12.4. The van der Waals surface area contributed by atoms with Crippen LogP contribution in [0.5, 0.6) is 0 Å². The van der Waals surface area contributed by atoms with Crippen molar-refractivity contribution in [3.63, 3.8) is 0 Å². The van der Waals surface area contributed by atoms with Crippen LogP contribution in [0, 0.1) is 24.0 Å². The van der Waals surface area contributed by atoms with Crippen LogP contribution in [0.3, 0.4) is 0 Å². The molecule has 21 heavy (non-hydrogen) atoms. The third-order valence-electron chi connectivity index (χ3n) is 3.56. The summed E-state index contributed by atoms with van der Waals surface area (Å²) in [7, 11) is -3.79. The summed E-state index contributed by atoms with van der Waals surface area (Å²) in [6.07, 6.45) is -0.172. The molecule has 114 valence electrons. The lowest BCUT2D eigenvalue weighted by Gasteiger charge is -2.19. The van der Waals surface area contributed by atoms with E-state index in [1.165, 1.54) is 17.0 Å². The fourth-order valence-corrected chi connectivity index (χ4v) is 3.13. The quantitative estimate of drug-likeness (QED) is 0.646. The molecule has 1 saturated heterocycles. The number of sulfonamides is 1. The van der Waals surface area contributed by atoms with E-state index in [1.54, 1.807) is 13.8 Å². The fraction of sp³-hybridized carbons (Fsp3) is 0.417. The molecule has 0 aromatic heterocycles. The van der Waals surface area contributed by atoms with Gasteiger partial charge in [-0.3, -0.25) is 14.9 Å². The standard InChI is InChI=1S/C12H15N3O5S/c1-7-4-11(15(17)18)8(2)3-10(7)14-6-9(5-12(14)16)21(13,19)20/h3-4,9H,5-6H2,1-2H3,(H2,13,19,20). The molecule has 1 amide bonds. The molecule has 0 aliphatic carbocycles. The SMILES string of the molecule is Cc1cc([N+](=O)[O-])c(C)cc1N1CC(S(N)(=O)=O)CC1=O. The molecule has 1 unspecified atom stereocenters. The summed E-state index contributed by atoms with van der Waals surface area (Å²) in [5.41, 5.74) is 1.39. The first kappa shape index (κ1) is 15.4. The van der Waals surface area contributed by atoms with Crippen molar-refractivity contribution in [1.29, 1.82) is 0 Å². The fourth-order valence-electron chi connectivity index (χ4n) is 2.40. The summed E-state index contributed by atoms with van der Waals surface area (Å²) < 4.78 is 22.7. The van der Waals surface area contributed by atoms with E-state index in [2.05, 4.69) is 0 Å². The van der Waals surface area contributed by atoms with Crippen molar-refractivity contribution in [3.8, 4) is 0 Å². The number of nitrogens with two attached hydrogens (primary N) is 1. The molecule has 0 bridgehead atoms. The van der Waals surface area contributed by atoms with Crippen LogP contribution in [0.4, 0.5) is 11.4 Å². The Kier molecular flexibility index (Phi) is 3.72. The largest absolute Gasteiger partial charge is 0.311 e. The molecule has 9 heteroatoms. The van der Waals surface area contributed by atoms with Crippen LogP contribution >= 0.6 is 0 Å². The third kappa shape index (κ3) is 2.88. The molecule has 2 N–H and O–H groups in total. The molecular formula is C12H15N3O5S. The molecule has 2 rings (SSSR count). The molecule has 1 aromatic carbocycles. The third-order valence-corrected chi connectivity index (χ3v) is 4.80. The minimum absolute atomic E-state index is 0.0320. The van der Waals surface area contributed by atoms with E-state index in [0.717, 1.165) is 0 Å². The lowest BCUT2D eigenvalue weighted by Crippen LogP contribution is -2.32. The van der Waals surface area contributed by atoms with Gasteiger partial charge in [-0.25, -0.2) is 13.6 Å². The lowest BCUT2D eigenvalue weighted by atomic mass is 10.1. The van der Waals surface area contributed by atoms with Crippen molar-refractivity contribution in [3.05, 3.63) is 33.4 Å². The van der Waals surface area contributed by atoms with Crippen LogP contribution in [0.1, 0.15) is 17.5 Å². The summed E-state index contributed by atoms with van der Waals surface area (Å²) >= 11 is 0. The summed E-state index contributed by atoms with van der Waals surface area (Å²) in [5.74, 6) is -0.356. The van der Waals surface area contributed by atoms with E-state index in [9.17, 15) is 23.3 Å². The van der Waals surface area contributed by atoms with Gasteiger partial charge in [0.05, 0.1) is 4.92 Å². The van der Waals surface area contributed by atoms with Gasteiger partial charge in [0.1, 0.15) is 5.25 Å². The predicted molar refractivity (Wildman–Crippen MR) is 76.4 cm³/mol. The van der Waals surface area contributed by atoms with E-state index in [0.29, 0.717) is 16.8 Å². The molecule has 0 saturated carbocycles. The van der Waals surface area contributed by atoms with Gasteiger partial charge in [-0.2, -0.15) is 0 Å². The van der Waals surface area contributed by atoms with Crippen LogP contribution < -0.4 is 10.0 Å². The minimum atomic E-state index is -3.79. The number of carbonyl (C=O) groups excluding carboxylic acids is 1. The van der Waals surface area contributed by atoms with Gasteiger partial charge < -0.3 is 4.90 Å². The molecule has 1 atom stereocenters. The second kappa shape index (κ2) is 5.08. The van der Waals surface area contributed by atoms with Gasteiger partial charge in [-0.15, -0.1) is 0 Å². The molecule has 1 aromatic rings. The number of rotatable bonds is 3. The van der Waals surface area contributed by atoms with Crippen molar-refractivity contribution in [2.75, 3.05) is 11.4 Å². The minimum Gasteiger partial charge on any atom is -0.311 e. The number of hydrogen-bond acceptors (Lipinski definition) is 5. The van der Waals surface area contributed by atoms with Crippen molar-refractivity contribution in [2.24, 2.45) is 5.14 Å². The van der Waals surface area contributed by atoms with Gasteiger partial charge in [-0.05, 0) is 25.5 Å². The Bertz CT molecular complexity index is 729. The number of benzene rings is 1. The molecular weight excluding hydrogens is 298 g/mol. The average Bonchev–Trinajstić information content (AvgIpc) is 2.73. The number of carbonyl (C=O) groups is 1. The number of aryl methyl sites for hydroxylation is 2. The van der Waals surface area contributed by atoms with E-state index >= 15 is 0 Å². The molecule has 0 radical (unpaired) electrons. The summed E-state index contributed by atoms with van der Waals surface area (Å²) in [6.45, 7) is 3.17. The highest BCUT2D eigenvalue weighted by Crippen LogP contribution is 2.32. The highest BCUT2D eigenvalue weighted by atomic mass is 32.2. The second-order valence-electron chi connectivity index (χ2n) is 5.10. The zero-order chi connectivity index (χ0) is 15.9. The first-order valence-corrected chi connectivity index (χ1v) is 7.80. The van der Waals surface area contributed by atoms with E-state index < -0.39 is 20.2 Å². The Labute approximate surface area is 121 Å². The van der Waals surface area contributed by atoms with Crippen LogP contribution in [0.15, 0.2) is 12.1 Å². The lowest BCUT2D eigenvalue weighted by molar-refractivity contribution is -0.385.